The van der Waals surface area contributed by atoms with Crippen LogP contribution in [0.4, 0.5) is 10.1 Å². The van der Waals surface area contributed by atoms with E-state index in [1.54, 1.807) is 0 Å². The Hall–Kier alpha value is -0.800. The first kappa shape index (κ1) is 13.6. The van der Waals surface area contributed by atoms with Crippen LogP contribution in [0.5, 0.6) is 0 Å². The van der Waals surface area contributed by atoms with E-state index in [-0.39, 0.29) is 5.82 Å². The van der Waals surface area contributed by atoms with Crippen LogP contribution in [0.15, 0.2) is 18.2 Å². The number of anilines is 1. The largest absolute Gasteiger partial charge is 0.373 e. The van der Waals surface area contributed by atoms with Crippen molar-refractivity contribution in [2.45, 2.75) is 24.8 Å². The molecule has 0 saturated carbocycles. The van der Waals surface area contributed by atoms with Crippen LogP contribution in [0.2, 0.25) is 0 Å². The molecule has 1 atom stereocenters. The molecule has 2 rings (SSSR count). The molecule has 0 spiro atoms. The van der Waals surface area contributed by atoms with E-state index in [0.29, 0.717) is 11.9 Å². The van der Waals surface area contributed by atoms with Crippen molar-refractivity contribution in [3.8, 4) is 0 Å². The number of halogens is 2. The lowest BCUT2D eigenvalue weighted by atomic mass is 10.1. The molecule has 0 amide bonds. The van der Waals surface area contributed by atoms with Crippen LogP contribution in [0.25, 0.3) is 0 Å². The van der Waals surface area contributed by atoms with Crippen LogP contribution in [-0.2, 0) is 5.88 Å². The van der Waals surface area contributed by atoms with Gasteiger partial charge in [-0.2, -0.15) is 0 Å². The van der Waals surface area contributed by atoms with Crippen LogP contribution in [-0.4, -0.2) is 38.1 Å². The fraction of sp³-hybridized carbons (Fsp3) is 0.571. The number of benzene rings is 1. The number of hydrogen-bond acceptors (Lipinski definition) is 2. The van der Waals surface area contributed by atoms with Crippen molar-refractivity contribution in [1.29, 1.82) is 0 Å². The number of alkyl halides is 1. The van der Waals surface area contributed by atoms with Gasteiger partial charge in [-0.15, -0.1) is 11.6 Å². The zero-order valence-corrected chi connectivity index (χ0v) is 11.8. The maximum absolute atomic E-state index is 13.2. The lowest BCUT2D eigenvalue weighted by Gasteiger charge is -2.28. The van der Waals surface area contributed by atoms with Gasteiger partial charge in [0, 0.05) is 31.2 Å². The first-order chi connectivity index (χ1) is 8.61. The Morgan fingerprint density at radius 1 is 1.50 bits per heavy atom. The normalized spacial score (nSPS) is 20.3. The van der Waals surface area contributed by atoms with Gasteiger partial charge in [0.1, 0.15) is 5.82 Å². The van der Waals surface area contributed by atoms with Gasteiger partial charge in [-0.3, -0.25) is 0 Å². The summed E-state index contributed by atoms with van der Waals surface area (Å²) in [6.45, 7) is 2.14. The van der Waals surface area contributed by atoms with Crippen molar-refractivity contribution < 1.29 is 4.39 Å². The SMILES string of the molecule is CN(CC1CCCN1C)c1ccc(F)cc1CCl. The van der Waals surface area contributed by atoms with E-state index < -0.39 is 0 Å². The van der Waals surface area contributed by atoms with Gasteiger partial charge in [0.05, 0.1) is 0 Å². The van der Waals surface area contributed by atoms with Gasteiger partial charge in [-0.25, -0.2) is 4.39 Å². The van der Waals surface area contributed by atoms with E-state index in [1.165, 1.54) is 31.5 Å². The number of hydrogen-bond donors (Lipinski definition) is 0. The Morgan fingerprint density at radius 3 is 2.89 bits per heavy atom. The second kappa shape index (κ2) is 5.89. The zero-order valence-electron chi connectivity index (χ0n) is 11.0. The minimum absolute atomic E-state index is 0.221. The van der Waals surface area contributed by atoms with Crippen LogP contribution in [0.1, 0.15) is 18.4 Å². The van der Waals surface area contributed by atoms with E-state index in [0.717, 1.165) is 17.8 Å². The van der Waals surface area contributed by atoms with Crippen LogP contribution in [0, 0.1) is 5.82 Å². The molecule has 1 saturated heterocycles. The molecule has 1 aromatic rings. The molecule has 1 aromatic carbocycles. The van der Waals surface area contributed by atoms with Crippen molar-refractivity contribution in [3.05, 3.63) is 29.6 Å². The molecule has 0 aliphatic carbocycles. The molecule has 1 aliphatic rings. The predicted octanol–water partition coefficient (Wildman–Crippen LogP) is 3.09. The van der Waals surface area contributed by atoms with Crippen LogP contribution < -0.4 is 4.90 Å². The van der Waals surface area contributed by atoms with E-state index in [4.69, 9.17) is 11.6 Å². The van der Waals surface area contributed by atoms with Crippen molar-refractivity contribution in [2.75, 3.05) is 32.1 Å². The average molecular weight is 271 g/mol. The summed E-state index contributed by atoms with van der Waals surface area (Å²) in [6, 6.07) is 5.43. The zero-order chi connectivity index (χ0) is 13.1. The number of likely N-dealkylation sites (N-methyl/N-ethyl adjacent to an activating group) is 2. The molecular weight excluding hydrogens is 251 g/mol. The van der Waals surface area contributed by atoms with E-state index >= 15 is 0 Å². The molecule has 100 valence electrons. The van der Waals surface area contributed by atoms with Gasteiger partial charge in [-0.05, 0) is 50.2 Å². The summed E-state index contributed by atoms with van der Waals surface area (Å²) in [4.78, 5) is 4.57. The Balaban J connectivity index is 2.10. The average Bonchev–Trinajstić information content (AvgIpc) is 2.74. The summed E-state index contributed by atoms with van der Waals surface area (Å²) in [5.41, 5.74) is 1.89. The smallest absolute Gasteiger partial charge is 0.123 e. The highest BCUT2D eigenvalue weighted by Gasteiger charge is 2.22. The van der Waals surface area contributed by atoms with E-state index in [2.05, 4.69) is 23.9 Å². The van der Waals surface area contributed by atoms with Crippen molar-refractivity contribution in [1.82, 2.24) is 4.90 Å². The Morgan fingerprint density at radius 2 is 2.28 bits per heavy atom. The summed E-state index contributed by atoms with van der Waals surface area (Å²) < 4.78 is 13.2. The Labute approximate surface area is 113 Å². The second-order valence-corrected chi connectivity index (χ2v) is 5.33. The molecule has 1 aliphatic heterocycles. The minimum atomic E-state index is -0.221. The summed E-state index contributed by atoms with van der Waals surface area (Å²) in [5.74, 6) is 0.124. The van der Waals surface area contributed by atoms with Crippen LogP contribution >= 0.6 is 11.6 Å². The Bertz CT molecular complexity index is 411. The monoisotopic (exact) mass is 270 g/mol. The molecule has 0 bridgehead atoms. The van der Waals surface area contributed by atoms with Gasteiger partial charge in [0.25, 0.3) is 0 Å². The fourth-order valence-electron chi connectivity index (χ4n) is 2.66. The first-order valence-electron chi connectivity index (χ1n) is 6.37. The lowest BCUT2D eigenvalue weighted by Crippen LogP contribution is -2.36. The first-order valence-corrected chi connectivity index (χ1v) is 6.91. The van der Waals surface area contributed by atoms with E-state index in [1.807, 2.05) is 6.07 Å². The number of nitrogens with zero attached hydrogens (tertiary/aromatic N) is 2. The van der Waals surface area contributed by atoms with E-state index in [9.17, 15) is 4.39 Å². The standard InChI is InChI=1S/C14H20ClFN2/c1-17-7-3-4-13(17)10-18(2)14-6-5-12(16)8-11(14)9-15/h5-6,8,13H,3-4,7,9-10H2,1-2H3. The summed E-state index contributed by atoms with van der Waals surface area (Å²) in [5, 5.41) is 0. The predicted molar refractivity (Wildman–Crippen MR) is 74.9 cm³/mol. The quantitative estimate of drug-likeness (QED) is 0.776. The molecule has 1 fully saturated rings. The molecular formula is C14H20ClFN2. The fourth-order valence-corrected chi connectivity index (χ4v) is 2.87. The van der Waals surface area contributed by atoms with Gasteiger partial charge < -0.3 is 9.80 Å². The number of rotatable bonds is 4. The van der Waals surface area contributed by atoms with Crippen molar-refractivity contribution in [2.24, 2.45) is 0 Å². The highest BCUT2D eigenvalue weighted by molar-refractivity contribution is 6.17. The molecule has 2 nitrogen and oxygen atoms in total. The topological polar surface area (TPSA) is 6.48 Å². The maximum Gasteiger partial charge on any atom is 0.123 e. The molecule has 1 unspecified atom stereocenters. The summed E-state index contributed by atoms with van der Waals surface area (Å²) >= 11 is 5.89. The van der Waals surface area contributed by atoms with Crippen molar-refractivity contribution >= 4 is 17.3 Å². The molecule has 0 aromatic heterocycles. The van der Waals surface area contributed by atoms with Gasteiger partial charge in [0.15, 0.2) is 0 Å². The molecule has 0 radical (unpaired) electrons. The third kappa shape index (κ3) is 2.96. The minimum Gasteiger partial charge on any atom is -0.373 e. The lowest BCUT2D eigenvalue weighted by molar-refractivity contribution is 0.314. The molecule has 18 heavy (non-hydrogen) atoms. The molecule has 0 N–H and O–H groups in total. The third-order valence-corrected chi connectivity index (χ3v) is 4.04. The highest BCUT2D eigenvalue weighted by Crippen LogP contribution is 2.24. The van der Waals surface area contributed by atoms with Gasteiger partial charge >= 0.3 is 0 Å². The summed E-state index contributed by atoms with van der Waals surface area (Å²) in [7, 11) is 4.22. The van der Waals surface area contributed by atoms with Gasteiger partial charge in [0.2, 0.25) is 0 Å². The van der Waals surface area contributed by atoms with Crippen molar-refractivity contribution in [3.63, 3.8) is 0 Å². The molecule has 1 heterocycles. The Kier molecular flexibility index (Phi) is 4.46. The van der Waals surface area contributed by atoms with Crippen LogP contribution in [0.3, 0.4) is 0 Å². The summed E-state index contributed by atoms with van der Waals surface area (Å²) in [6.07, 6.45) is 2.50. The molecule has 4 heteroatoms. The highest BCUT2D eigenvalue weighted by atomic mass is 35.5. The second-order valence-electron chi connectivity index (χ2n) is 5.06. The maximum atomic E-state index is 13.2. The number of likely N-dealkylation sites (tertiary alicyclic amines) is 1. The van der Waals surface area contributed by atoms with Gasteiger partial charge in [-0.1, -0.05) is 0 Å². The third-order valence-electron chi connectivity index (χ3n) is 3.75.